The van der Waals surface area contributed by atoms with Gasteiger partial charge in [0.2, 0.25) is 5.60 Å². The lowest BCUT2D eigenvalue weighted by Gasteiger charge is -2.36. The summed E-state index contributed by atoms with van der Waals surface area (Å²) in [5, 5.41) is 10.5. The molecule has 0 unspecified atom stereocenters. The zero-order valence-electron chi connectivity index (χ0n) is 12.6. The average molecular weight is 328 g/mol. The number of nitrogens with two attached hydrogens (primary N) is 1. The van der Waals surface area contributed by atoms with Gasteiger partial charge in [0.05, 0.1) is 0 Å². The Morgan fingerprint density at radius 3 is 2.23 bits per heavy atom. The molecule has 0 saturated carbocycles. The minimum absolute atomic E-state index is 0. The van der Waals surface area contributed by atoms with Gasteiger partial charge in [-0.3, -0.25) is 9.59 Å². The van der Waals surface area contributed by atoms with E-state index in [1.54, 1.807) is 24.3 Å². The van der Waals surface area contributed by atoms with Crippen LogP contribution in [0.2, 0.25) is 0 Å². The maximum absolute atomic E-state index is 12.5. The number of carbonyl (C=O) groups excluding carboxylic acids is 2. The normalized spacial score (nSPS) is 18.2. The minimum atomic E-state index is -2.18. The van der Waals surface area contributed by atoms with Crippen molar-refractivity contribution in [2.24, 2.45) is 5.73 Å². The highest BCUT2D eigenvalue weighted by Gasteiger charge is 2.45. The van der Waals surface area contributed by atoms with Crippen LogP contribution >= 0.6 is 12.4 Å². The number of carbonyl (C=O) groups is 2. The van der Waals surface area contributed by atoms with Gasteiger partial charge in [-0.25, -0.2) is 0 Å². The van der Waals surface area contributed by atoms with E-state index in [1.165, 1.54) is 4.90 Å². The van der Waals surface area contributed by atoms with Crippen LogP contribution in [0.15, 0.2) is 30.3 Å². The second-order valence-corrected chi connectivity index (χ2v) is 5.48. The monoisotopic (exact) mass is 327 g/mol. The van der Waals surface area contributed by atoms with E-state index in [2.05, 4.69) is 4.90 Å². The van der Waals surface area contributed by atoms with Crippen molar-refractivity contribution in [1.82, 2.24) is 9.80 Å². The summed E-state index contributed by atoms with van der Waals surface area (Å²) in [7, 11) is 1.96. The lowest BCUT2D eigenvalue weighted by Crippen LogP contribution is -2.61. The van der Waals surface area contributed by atoms with Gasteiger partial charge < -0.3 is 20.6 Å². The Labute approximate surface area is 136 Å². The molecule has 0 aromatic heterocycles. The molecular formula is C15H22ClN3O3. The summed E-state index contributed by atoms with van der Waals surface area (Å²) < 4.78 is 0. The van der Waals surface area contributed by atoms with Crippen molar-refractivity contribution in [3.05, 3.63) is 35.9 Å². The fourth-order valence-corrected chi connectivity index (χ4v) is 2.43. The zero-order valence-corrected chi connectivity index (χ0v) is 13.4. The van der Waals surface area contributed by atoms with Gasteiger partial charge in [-0.05, 0) is 12.6 Å². The van der Waals surface area contributed by atoms with Crippen molar-refractivity contribution in [2.75, 3.05) is 33.2 Å². The molecule has 0 radical (unpaired) electrons. The third kappa shape index (κ3) is 3.97. The largest absolute Gasteiger partial charge is 0.371 e. The van der Waals surface area contributed by atoms with Crippen molar-refractivity contribution in [1.29, 1.82) is 0 Å². The third-order valence-electron chi connectivity index (χ3n) is 3.85. The SMILES string of the molecule is CN1CCN(C(=O)[C@@](O)(Cc2ccccc2)C(N)=O)CC1.Cl. The molecular weight excluding hydrogens is 306 g/mol. The smallest absolute Gasteiger partial charge is 0.264 e. The van der Waals surface area contributed by atoms with Gasteiger partial charge >= 0.3 is 0 Å². The number of piperazine rings is 1. The molecule has 6 nitrogen and oxygen atoms in total. The van der Waals surface area contributed by atoms with Crippen LogP contribution < -0.4 is 5.73 Å². The molecule has 1 atom stereocenters. The maximum atomic E-state index is 12.5. The molecule has 1 aromatic carbocycles. The number of hydrogen-bond acceptors (Lipinski definition) is 4. The number of nitrogens with zero attached hydrogens (tertiary/aromatic N) is 2. The number of likely N-dealkylation sites (N-methyl/N-ethyl adjacent to an activating group) is 1. The number of rotatable bonds is 4. The Kier molecular flexibility index (Phi) is 6.34. The van der Waals surface area contributed by atoms with Crippen LogP contribution in [0.1, 0.15) is 5.56 Å². The van der Waals surface area contributed by atoms with Crippen LogP contribution in [-0.4, -0.2) is 65.5 Å². The quantitative estimate of drug-likeness (QED) is 0.740. The van der Waals surface area contributed by atoms with E-state index in [4.69, 9.17) is 5.73 Å². The second kappa shape index (κ2) is 7.58. The Bertz CT molecular complexity index is 518. The van der Waals surface area contributed by atoms with Gasteiger partial charge in [-0.15, -0.1) is 12.4 Å². The molecule has 1 fully saturated rings. The number of hydrogen-bond donors (Lipinski definition) is 2. The van der Waals surface area contributed by atoms with Crippen LogP contribution in [-0.2, 0) is 16.0 Å². The van der Waals surface area contributed by atoms with E-state index in [1.807, 2.05) is 13.1 Å². The standard InChI is InChI=1S/C15H21N3O3.ClH/c1-17-7-9-18(10-8-17)14(20)15(21,13(16)19)11-12-5-3-2-4-6-12;/h2-6,21H,7-11H2,1H3,(H2,16,19);1H/t15-;/m1./s1. The first-order chi connectivity index (χ1) is 9.93. The van der Waals surface area contributed by atoms with Gasteiger partial charge in [-0.1, -0.05) is 30.3 Å². The molecule has 22 heavy (non-hydrogen) atoms. The van der Waals surface area contributed by atoms with Crippen molar-refractivity contribution in [3.8, 4) is 0 Å². The number of halogens is 1. The van der Waals surface area contributed by atoms with Gasteiger partial charge in [0.15, 0.2) is 0 Å². The lowest BCUT2D eigenvalue weighted by atomic mass is 9.92. The van der Waals surface area contributed by atoms with Gasteiger partial charge in [0.25, 0.3) is 11.8 Å². The van der Waals surface area contributed by atoms with Crippen LogP contribution in [0.3, 0.4) is 0 Å². The molecule has 1 aromatic rings. The van der Waals surface area contributed by atoms with Crippen molar-refractivity contribution in [3.63, 3.8) is 0 Å². The number of amides is 2. The fourth-order valence-electron chi connectivity index (χ4n) is 2.43. The van der Waals surface area contributed by atoms with Crippen LogP contribution in [0.4, 0.5) is 0 Å². The number of benzene rings is 1. The third-order valence-corrected chi connectivity index (χ3v) is 3.85. The molecule has 0 spiro atoms. The van der Waals surface area contributed by atoms with Crippen LogP contribution in [0, 0.1) is 0 Å². The first-order valence-corrected chi connectivity index (χ1v) is 6.97. The molecule has 1 aliphatic rings. The first-order valence-electron chi connectivity index (χ1n) is 6.97. The topological polar surface area (TPSA) is 86.9 Å². The summed E-state index contributed by atoms with van der Waals surface area (Å²) in [6, 6.07) is 8.92. The highest BCUT2D eigenvalue weighted by atomic mass is 35.5. The van der Waals surface area contributed by atoms with E-state index in [0.717, 1.165) is 0 Å². The summed E-state index contributed by atoms with van der Waals surface area (Å²) in [6.07, 6.45) is -0.103. The Morgan fingerprint density at radius 1 is 1.18 bits per heavy atom. The Balaban J connectivity index is 0.00000242. The zero-order chi connectivity index (χ0) is 15.5. The summed E-state index contributed by atoms with van der Waals surface area (Å²) in [5.74, 6) is -1.61. The van der Waals surface area contributed by atoms with Gasteiger partial charge in [-0.2, -0.15) is 0 Å². The summed E-state index contributed by atoms with van der Waals surface area (Å²) in [5.41, 5.74) is 3.82. The molecule has 3 N–H and O–H groups in total. The van der Waals surface area contributed by atoms with E-state index in [0.29, 0.717) is 31.7 Å². The summed E-state index contributed by atoms with van der Waals surface area (Å²) in [6.45, 7) is 2.40. The Morgan fingerprint density at radius 2 is 1.73 bits per heavy atom. The predicted octanol–water partition coefficient (Wildman–Crippen LogP) is -0.359. The minimum Gasteiger partial charge on any atom is -0.371 e. The number of aliphatic hydroxyl groups is 1. The molecule has 2 rings (SSSR count). The predicted molar refractivity (Wildman–Crippen MR) is 85.6 cm³/mol. The molecule has 7 heteroatoms. The molecule has 1 aliphatic heterocycles. The lowest BCUT2D eigenvalue weighted by molar-refractivity contribution is -0.160. The van der Waals surface area contributed by atoms with Gasteiger partial charge in [0.1, 0.15) is 0 Å². The van der Waals surface area contributed by atoms with Crippen LogP contribution in [0.25, 0.3) is 0 Å². The van der Waals surface area contributed by atoms with E-state index >= 15 is 0 Å². The van der Waals surface area contributed by atoms with E-state index in [9.17, 15) is 14.7 Å². The first kappa shape index (κ1) is 18.4. The average Bonchev–Trinajstić information content (AvgIpc) is 2.48. The molecule has 0 aliphatic carbocycles. The Hall–Kier alpha value is -1.63. The highest BCUT2D eigenvalue weighted by molar-refractivity contribution is 6.07. The summed E-state index contributed by atoms with van der Waals surface area (Å²) in [4.78, 5) is 27.8. The van der Waals surface area contributed by atoms with E-state index in [-0.39, 0.29) is 18.8 Å². The van der Waals surface area contributed by atoms with Crippen molar-refractivity contribution >= 4 is 24.2 Å². The molecule has 0 bridgehead atoms. The summed E-state index contributed by atoms with van der Waals surface area (Å²) >= 11 is 0. The van der Waals surface area contributed by atoms with Gasteiger partial charge in [0, 0.05) is 32.6 Å². The highest BCUT2D eigenvalue weighted by Crippen LogP contribution is 2.18. The van der Waals surface area contributed by atoms with E-state index < -0.39 is 17.4 Å². The van der Waals surface area contributed by atoms with Crippen molar-refractivity contribution in [2.45, 2.75) is 12.0 Å². The molecule has 1 heterocycles. The van der Waals surface area contributed by atoms with Crippen LogP contribution in [0.5, 0.6) is 0 Å². The maximum Gasteiger partial charge on any atom is 0.264 e. The molecule has 122 valence electrons. The molecule has 2 amide bonds. The van der Waals surface area contributed by atoms with Crippen molar-refractivity contribution < 1.29 is 14.7 Å². The number of primary amides is 1. The fraction of sp³-hybridized carbons (Fsp3) is 0.467. The second-order valence-electron chi connectivity index (χ2n) is 5.48. The molecule has 1 saturated heterocycles.